The molecule has 9 heteroatoms. The van der Waals surface area contributed by atoms with Crippen LogP contribution in [0.25, 0.3) is 0 Å². The number of hydrogen-bond donors (Lipinski definition) is 3. The molecule has 0 radical (unpaired) electrons. The van der Waals surface area contributed by atoms with Crippen LogP contribution < -0.4 is 16.8 Å². The number of ether oxygens (including phenoxy) is 2. The Hall–Kier alpha value is -3.80. The van der Waals surface area contributed by atoms with E-state index in [0.29, 0.717) is 28.2 Å². The molecule has 0 amide bonds. The molecule has 1 aliphatic heterocycles. The fourth-order valence-corrected chi connectivity index (χ4v) is 2.95. The Balaban J connectivity index is 2.19. The minimum atomic E-state index is -0.839. The van der Waals surface area contributed by atoms with Gasteiger partial charge in [0.15, 0.2) is 0 Å². The van der Waals surface area contributed by atoms with Crippen LogP contribution in [0.1, 0.15) is 36.5 Å². The maximum Gasteiger partial charge on any atom is 0.513 e. The topological polar surface area (TPSA) is 149 Å². The van der Waals surface area contributed by atoms with Crippen molar-refractivity contribution in [2.75, 3.05) is 23.4 Å². The molecule has 1 aromatic heterocycles. The van der Waals surface area contributed by atoms with Gasteiger partial charge in [-0.2, -0.15) is 15.2 Å². The molecular weight excluding hydrogens is 348 g/mol. The van der Waals surface area contributed by atoms with Crippen LogP contribution in [0.5, 0.6) is 0 Å². The number of nitrogens with two attached hydrogens (primary N) is 2. The summed E-state index contributed by atoms with van der Waals surface area (Å²) in [5.41, 5.74) is 14.0. The lowest BCUT2D eigenvalue weighted by Crippen LogP contribution is -2.25. The summed E-state index contributed by atoms with van der Waals surface area (Å²) in [5.74, 6) is 0.261. The predicted octanol–water partition coefficient (Wildman–Crippen LogP) is 2.47. The smallest absolute Gasteiger partial charge is 0.434 e. The Morgan fingerprint density at radius 3 is 2.85 bits per heavy atom. The molecule has 0 fully saturated rings. The van der Waals surface area contributed by atoms with Crippen molar-refractivity contribution in [1.29, 1.82) is 5.26 Å². The van der Waals surface area contributed by atoms with Crippen LogP contribution in [0.4, 0.5) is 22.4 Å². The fourth-order valence-electron chi connectivity index (χ4n) is 2.95. The molecule has 27 heavy (non-hydrogen) atoms. The molecule has 0 aliphatic carbocycles. The van der Waals surface area contributed by atoms with Crippen LogP contribution in [0.3, 0.4) is 0 Å². The van der Waals surface area contributed by atoms with Gasteiger partial charge in [-0.15, -0.1) is 0 Å². The Morgan fingerprint density at radius 2 is 2.15 bits per heavy atom. The van der Waals surface area contributed by atoms with Gasteiger partial charge >= 0.3 is 6.16 Å². The zero-order valence-corrected chi connectivity index (χ0v) is 14.8. The number of nitrogen functional groups attached to an aromatic ring is 2. The highest BCUT2D eigenvalue weighted by Gasteiger charge is 2.35. The van der Waals surface area contributed by atoms with Gasteiger partial charge in [0.25, 0.3) is 0 Å². The molecule has 1 aliphatic rings. The summed E-state index contributed by atoms with van der Waals surface area (Å²) in [5, 5.41) is 12.3. The molecule has 2 aromatic rings. The first-order chi connectivity index (χ1) is 12.9. The fraction of sp³-hybridized carbons (Fsp3) is 0.222. The molecule has 1 aromatic carbocycles. The van der Waals surface area contributed by atoms with Crippen molar-refractivity contribution in [3.05, 3.63) is 52.4 Å². The number of nitrogens with zero attached hydrogens (tertiary/aromatic N) is 3. The highest BCUT2D eigenvalue weighted by Crippen LogP contribution is 2.44. The third-order valence-electron chi connectivity index (χ3n) is 4.02. The number of fused-ring (bicyclic) bond motifs is 1. The summed E-state index contributed by atoms with van der Waals surface area (Å²) in [6.07, 6.45) is -0.839. The van der Waals surface area contributed by atoms with Crippen LogP contribution in [0, 0.1) is 11.3 Å². The first-order valence-corrected chi connectivity index (χ1v) is 8.20. The number of aromatic nitrogens is 2. The van der Waals surface area contributed by atoms with Crippen LogP contribution in [-0.4, -0.2) is 22.7 Å². The average molecular weight is 366 g/mol. The molecule has 0 saturated heterocycles. The van der Waals surface area contributed by atoms with Crippen LogP contribution in [0.15, 0.2) is 35.7 Å². The van der Waals surface area contributed by atoms with Crippen molar-refractivity contribution in [2.24, 2.45) is 0 Å². The van der Waals surface area contributed by atoms with E-state index in [-0.39, 0.29) is 24.1 Å². The van der Waals surface area contributed by atoms with E-state index in [9.17, 15) is 10.1 Å². The molecule has 1 atom stereocenters. The molecule has 9 nitrogen and oxygen atoms in total. The highest BCUT2D eigenvalue weighted by molar-refractivity contribution is 5.71. The molecule has 2 heterocycles. The minimum absolute atomic E-state index is 0.0193. The van der Waals surface area contributed by atoms with Crippen LogP contribution in [-0.2, 0) is 9.47 Å². The summed E-state index contributed by atoms with van der Waals surface area (Å²) in [6.45, 7) is 3.58. The lowest BCUT2D eigenvalue weighted by atomic mass is 9.86. The first-order valence-electron chi connectivity index (χ1n) is 8.20. The normalized spacial score (nSPS) is 15.4. The number of allylic oxidation sites excluding steroid dienone is 2. The van der Waals surface area contributed by atoms with Crippen molar-refractivity contribution in [2.45, 2.75) is 19.8 Å². The molecule has 0 saturated carbocycles. The molecular formula is C18H18N6O3. The van der Waals surface area contributed by atoms with Crippen molar-refractivity contribution < 1.29 is 14.3 Å². The Labute approximate surface area is 155 Å². The zero-order chi connectivity index (χ0) is 19.6. The second-order valence-electron chi connectivity index (χ2n) is 5.80. The molecule has 0 bridgehead atoms. The van der Waals surface area contributed by atoms with Crippen molar-refractivity contribution in [3.63, 3.8) is 0 Å². The average Bonchev–Trinajstić information content (AvgIpc) is 2.62. The van der Waals surface area contributed by atoms with Crippen molar-refractivity contribution in [3.8, 4) is 6.07 Å². The Morgan fingerprint density at radius 1 is 1.37 bits per heavy atom. The van der Waals surface area contributed by atoms with E-state index in [1.165, 1.54) is 0 Å². The predicted molar refractivity (Wildman–Crippen MR) is 98.3 cm³/mol. The molecule has 3 rings (SSSR count). The number of hydrogen-bond acceptors (Lipinski definition) is 9. The third-order valence-corrected chi connectivity index (χ3v) is 4.02. The van der Waals surface area contributed by atoms with Gasteiger partial charge in [0.05, 0.1) is 35.4 Å². The minimum Gasteiger partial charge on any atom is -0.434 e. The van der Waals surface area contributed by atoms with E-state index in [4.69, 9.17) is 20.9 Å². The van der Waals surface area contributed by atoms with Gasteiger partial charge in [0.2, 0.25) is 5.95 Å². The van der Waals surface area contributed by atoms with E-state index in [1.807, 2.05) is 0 Å². The van der Waals surface area contributed by atoms with Crippen LogP contribution >= 0.6 is 0 Å². The number of carbonyl (C=O) groups is 1. The van der Waals surface area contributed by atoms with Crippen LogP contribution in [0.2, 0.25) is 0 Å². The standard InChI is InChI=1S/C18H18N6O3/c1-3-26-18(25)27-14-9(2)22-16-13(15(20)23-17(21)24-16)12(14)11-6-4-5-10(7-11)8-19/h4-7,12H,3H2,1-2H3,(H5,20,21,22,23,24). The third kappa shape index (κ3) is 3.46. The molecule has 5 N–H and O–H groups in total. The maximum absolute atomic E-state index is 12.0. The zero-order valence-electron chi connectivity index (χ0n) is 14.8. The quantitative estimate of drug-likeness (QED) is 0.696. The highest BCUT2D eigenvalue weighted by atomic mass is 16.7. The molecule has 1 unspecified atom stereocenters. The van der Waals surface area contributed by atoms with E-state index >= 15 is 0 Å². The Kier molecular flexibility index (Phi) is 4.81. The summed E-state index contributed by atoms with van der Waals surface area (Å²) in [4.78, 5) is 20.2. The van der Waals surface area contributed by atoms with E-state index in [2.05, 4.69) is 21.4 Å². The number of rotatable bonds is 3. The van der Waals surface area contributed by atoms with Crippen molar-refractivity contribution in [1.82, 2.24) is 9.97 Å². The number of nitriles is 1. The Bertz CT molecular complexity index is 980. The van der Waals surface area contributed by atoms with Gasteiger partial charge in [0, 0.05) is 0 Å². The summed E-state index contributed by atoms with van der Waals surface area (Å²) >= 11 is 0. The summed E-state index contributed by atoms with van der Waals surface area (Å²) in [6, 6.07) is 9.00. The van der Waals surface area contributed by atoms with Gasteiger partial charge in [-0.05, 0) is 31.5 Å². The van der Waals surface area contributed by atoms with E-state index in [1.54, 1.807) is 38.1 Å². The molecule has 0 spiro atoms. The number of anilines is 3. The van der Waals surface area contributed by atoms with Gasteiger partial charge < -0.3 is 26.3 Å². The first kappa shape index (κ1) is 18.0. The second kappa shape index (κ2) is 7.21. The number of benzene rings is 1. The largest absolute Gasteiger partial charge is 0.513 e. The monoisotopic (exact) mass is 366 g/mol. The number of nitrogens with one attached hydrogen (secondary N) is 1. The molecule has 138 valence electrons. The van der Waals surface area contributed by atoms with Gasteiger partial charge in [-0.25, -0.2) is 4.79 Å². The van der Waals surface area contributed by atoms with Gasteiger partial charge in [0.1, 0.15) is 17.4 Å². The summed E-state index contributed by atoms with van der Waals surface area (Å²) < 4.78 is 10.4. The van der Waals surface area contributed by atoms with Crippen molar-refractivity contribution >= 4 is 23.7 Å². The second-order valence-corrected chi connectivity index (χ2v) is 5.80. The SMILES string of the molecule is CCOC(=O)OC1=C(C)Nc2nc(N)nc(N)c2C1c1cccc(C#N)c1. The number of carbonyl (C=O) groups excluding carboxylic acids is 1. The van der Waals surface area contributed by atoms with Gasteiger partial charge in [-0.1, -0.05) is 12.1 Å². The summed E-state index contributed by atoms with van der Waals surface area (Å²) in [7, 11) is 0. The maximum atomic E-state index is 12.0. The van der Waals surface area contributed by atoms with E-state index < -0.39 is 12.1 Å². The lowest BCUT2D eigenvalue weighted by Gasteiger charge is -2.30. The van der Waals surface area contributed by atoms with Gasteiger partial charge in [-0.3, -0.25) is 0 Å². The van der Waals surface area contributed by atoms with E-state index in [0.717, 1.165) is 0 Å². The lowest BCUT2D eigenvalue weighted by molar-refractivity contribution is 0.0778.